The monoisotopic (exact) mass is 295 g/mol. The lowest BCUT2D eigenvalue weighted by atomic mass is 9.94. The minimum atomic E-state index is -0.876. The highest BCUT2D eigenvalue weighted by molar-refractivity contribution is 14.1. The summed E-state index contributed by atoms with van der Waals surface area (Å²) in [5, 5.41) is 9.01. The summed E-state index contributed by atoms with van der Waals surface area (Å²) in [5.41, 5.74) is 5.54. The van der Waals surface area contributed by atoms with Crippen LogP contribution in [-0.2, 0) is 5.54 Å². The first-order valence-electron chi connectivity index (χ1n) is 3.83. The summed E-state index contributed by atoms with van der Waals surface area (Å²) in [6.07, 6.45) is 0. The van der Waals surface area contributed by atoms with Crippen molar-refractivity contribution in [3.63, 3.8) is 0 Å². The smallest absolute Gasteiger partial charge is 0.136 e. The van der Waals surface area contributed by atoms with Crippen molar-refractivity contribution in [2.45, 2.75) is 12.5 Å². The van der Waals surface area contributed by atoms with E-state index >= 15 is 0 Å². The molecule has 0 aliphatic carbocycles. The van der Waals surface area contributed by atoms with E-state index in [-0.39, 0.29) is 12.4 Å². The number of aliphatic hydroxyl groups excluding tert-OH is 1. The van der Waals surface area contributed by atoms with Crippen LogP contribution < -0.4 is 5.73 Å². The highest BCUT2D eigenvalue weighted by Crippen LogP contribution is 2.24. The molecule has 0 amide bonds. The molecule has 1 atom stereocenters. The van der Waals surface area contributed by atoms with Crippen molar-refractivity contribution in [2.75, 3.05) is 6.61 Å². The van der Waals surface area contributed by atoms with Gasteiger partial charge >= 0.3 is 0 Å². The number of hydrogen-bond donors (Lipinski definition) is 2. The van der Waals surface area contributed by atoms with Gasteiger partial charge in [-0.15, -0.1) is 0 Å². The molecule has 0 saturated heterocycles. The number of rotatable bonds is 2. The highest BCUT2D eigenvalue weighted by Gasteiger charge is 2.23. The van der Waals surface area contributed by atoms with Crippen molar-refractivity contribution in [1.29, 1.82) is 0 Å². The van der Waals surface area contributed by atoms with Gasteiger partial charge in [0.2, 0.25) is 0 Å². The first-order chi connectivity index (χ1) is 5.99. The molecule has 0 spiro atoms. The lowest BCUT2D eigenvalue weighted by Crippen LogP contribution is -2.37. The third-order valence-electron chi connectivity index (χ3n) is 1.90. The first kappa shape index (κ1) is 10.9. The van der Waals surface area contributed by atoms with E-state index < -0.39 is 5.54 Å². The summed E-state index contributed by atoms with van der Waals surface area (Å²) in [6.45, 7) is 1.47. The van der Waals surface area contributed by atoms with E-state index in [1.165, 1.54) is 6.07 Å². The Balaban J connectivity index is 3.22. The van der Waals surface area contributed by atoms with E-state index in [2.05, 4.69) is 0 Å². The van der Waals surface area contributed by atoms with Crippen LogP contribution in [0.3, 0.4) is 0 Å². The Morgan fingerprint density at radius 1 is 1.62 bits per heavy atom. The standard InChI is InChI=1S/C9H11FINO/c1-9(12,5-13)6-3-2-4-7(10)8(6)11/h2-4,13H,5,12H2,1H3/t9-/m1/s1. The second-order valence-corrected chi connectivity index (χ2v) is 4.26. The molecule has 0 radical (unpaired) electrons. The van der Waals surface area contributed by atoms with E-state index in [0.717, 1.165) is 0 Å². The Kier molecular flexibility index (Phi) is 3.26. The van der Waals surface area contributed by atoms with Crippen LogP contribution in [0.15, 0.2) is 18.2 Å². The molecule has 0 aliphatic heterocycles. The van der Waals surface area contributed by atoms with Crippen molar-refractivity contribution < 1.29 is 9.50 Å². The average molecular weight is 295 g/mol. The lowest BCUT2D eigenvalue weighted by molar-refractivity contribution is 0.209. The van der Waals surface area contributed by atoms with Crippen LogP contribution in [0.2, 0.25) is 0 Å². The first-order valence-corrected chi connectivity index (χ1v) is 4.91. The molecule has 2 nitrogen and oxygen atoms in total. The van der Waals surface area contributed by atoms with E-state index in [9.17, 15) is 4.39 Å². The summed E-state index contributed by atoms with van der Waals surface area (Å²) >= 11 is 1.89. The van der Waals surface area contributed by atoms with Crippen LogP contribution >= 0.6 is 22.6 Å². The molecule has 0 unspecified atom stereocenters. The summed E-state index contributed by atoms with van der Waals surface area (Å²) in [5.74, 6) is -0.303. The molecular weight excluding hydrogens is 284 g/mol. The number of benzene rings is 1. The van der Waals surface area contributed by atoms with Gasteiger partial charge in [-0.25, -0.2) is 4.39 Å². The summed E-state index contributed by atoms with van der Waals surface area (Å²) in [7, 11) is 0. The van der Waals surface area contributed by atoms with Crippen molar-refractivity contribution in [3.05, 3.63) is 33.1 Å². The van der Waals surface area contributed by atoms with Crippen LogP contribution in [0.25, 0.3) is 0 Å². The van der Waals surface area contributed by atoms with Gasteiger partial charge in [-0.3, -0.25) is 0 Å². The van der Waals surface area contributed by atoms with Crippen molar-refractivity contribution in [3.8, 4) is 0 Å². The third-order valence-corrected chi connectivity index (χ3v) is 2.99. The van der Waals surface area contributed by atoms with Crippen LogP contribution in [0.1, 0.15) is 12.5 Å². The Morgan fingerprint density at radius 2 is 2.23 bits per heavy atom. The van der Waals surface area contributed by atoms with Gasteiger partial charge in [-0.2, -0.15) is 0 Å². The van der Waals surface area contributed by atoms with Gasteiger partial charge in [0, 0.05) is 0 Å². The van der Waals surface area contributed by atoms with Crippen LogP contribution in [0.4, 0.5) is 4.39 Å². The van der Waals surface area contributed by atoms with Gasteiger partial charge < -0.3 is 10.8 Å². The van der Waals surface area contributed by atoms with Crippen molar-refractivity contribution in [1.82, 2.24) is 0 Å². The summed E-state index contributed by atoms with van der Waals surface area (Å²) < 4.78 is 13.6. The zero-order valence-corrected chi connectivity index (χ0v) is 9.38. The molecule has 0 bridgehead atoms. The summed E-state index contributed by atoms with van der Waals surface area (Å²) in [6, 6.07) is 4.69. The number of nitrogens with two attached hydrogens (primary N) is 1. The minimum absolute atomic E-state index is 0.202. The Bertz CT molecular complexity index is 314. The molecule has 13 heavy (non-hydrogen) atoms. The molecule has 3 N–H and O–H groups in total. The second-order valence-electron chi connectivity index (χ2n) is 3.18. The van der Waals surface area contributed by atoms with Gasteiger partial charge in [0.1, 0.15) is 5.82 Å². The quantitative estimate of drug-likeness (QED) is 0.814. The predicted octanol–water partition coefficient (Wildman–Crippen LogP) is 1.60. The highest BCUT2D eigenvalue weighted by atomic mass is 127. The predicted molar refractivity (Wildman–Crippen MR) is 57.7 cm³/mol. The summed E-state index contributed by atoms with van der Waals surface area (Å²) in [4.78, 5) is 0. The lowest BCUT2D eigenvalue weighted by Gasteiger charge is -2.23. The zero-order chi connectivity index (χ0) is 10.1. The minimum Gasteiger partial charge on any atom is -0.394 e. The number of aliphatic hydroxyl groups is 1. The van der Waals surface area contributed by atoms with E-state index in [1.807, 2.05) is 22.6 Å². The van der Waals surface area contributed by atoms with Crippen LogP contribution in [-0.4, -0.2) is 11.7 Å². The molecule has 72 valence electrons. The SMILES string of the molecule is C[C@@](N)(CO)c1cccc(F)c1I. The maximum absolute atomic E-state index is 13.1. The Labute approximate surface area is 90.1 Å². The van der Waals surface area contributed by atoms with E-state index in [0.29, 0.717) is 9.13 Å². The maximum atomic E-state index is 13.1. The van der Waals surface area contributed by atoms with Crippen molar-refractivity contribution in [2.24, 2.45) is 5.73 Å². The number of hydrogen-bond acceptors (Lipinski definition) is 2. The van der Waals surface area contributed by atoms with E-state index in [4.69, 9.17) is 10.8 Å². The second kappa shape index (κ2) is 3.89. The molecule has 1 aromatic rings. The molecule has 1 rings (SSSR count). The van der Waals surface area contributed by atoms with Crippen molar-refractivity contribution >= 4 is 22.6 Å². The maximum Gasteiger partial charge on any atom is 0.136 e. The molecule has 0 aliphatic rings. The molecule has 4 heteroatoms. The fourth-order valence-corrected chi connectivity index (χ4v) is 2.01. The zero-order valence-electron chi connectivity index (χ0n) is 7.22. The largest absolute Gasteiger partial charge is 0.394 e. The number of halogens is 2. The molecular formula is C9H11FINO. The van der Waals surface area contributed by atoms with Gasteiger partial charge in [0.15, 0.2) is 0 Å². The molecule has 0 fully saturated rings. The van der Waals surface area contributed by atoms with Gasteiger partial charge in [-0.05, 0) is 41.1 Å². The van der Waals surface area contributed by atoms with Gasteiger partial charge in [0.05, 0.1) is 15.7 Å². The van der Waals surface area contributed by atoms with Gasteiger partial charge in [0.25, 0.3) is 0 Å². The molecule has 1 aromatic carbocycles. The van der Waals surface area contributed by atoms with Crippen LogP contribution in [0.5, 0.6) is 0 Å². The third kappa shape index (κ3) is 2.18. The molecule has 0 aromatic heterocycles. The van der Waals surface area contributed by atoms with E-state index in [1.54, 1.807) is 19.1 Å². The van der Waals surface area contributed by atoms with Gasteiger partial charge in [-0.1, -0.05) is 12.1 Å². The Hall–Kier alpha value is -0.200. The fourth-order valence-electron chi connectivity index (χ4n) is 1.03. The molecule has 0 heterocycles. The average Bonchev–Trinajstić information content (AvgIpc) is 2.09. The normalized spacial score (nSPS) is 15.5. The fraction of sp³-hybridized carbons (Fsp3) is 0.333. The topological polar surface area (TPSA) is 46.2 Å². The molecule has 0 saturated carbocycles. The van der Waals surface area contributed by atoms with Crippen LogP contribution in [0, 0.1) is 9.39 Å². The Morgan fingerprint density at radius 3 is 2.77 bits per heavy atom.